The summed E-state index contributed by atoms with van der Waals surface area (Å²) in [4.78, 5) is 23.8. The monoisotopic (exact) mass is 666 g/mol. The first kappa shape index (κ1) is 33.2. The van der Waals surface area contributed by atoms with Gasteiger partial charge in [-0.3, -0.25) is 9.59 Å². The van der Waals surface area contributed by atoms with Gasteiger partial charge in [0.25, 0.3) is 0 Å². The molecule has 0 spiro atoms. The van der Waals surface area contributed by atoms with E-state index in [0.29, 0.717) is 11.1 Å². The molecule has 0 heterocycles. The molecule has 7 rings (SSSR count). The molecule has 0 saturated heterocycles. The Bertz CT molecular complexity index is 2140. The van der Waals surface area contributed by atoms with Crippen molar-refractivity contribution in [3.63, 3.8) is 0 Å². The van der Waals surface area contributed by atoms with Gasteiger partial charge in [0.1, 0.15) is 11.5 Å². The van der Waals surface area contributed by atoms with Crippen LogP contribution in [0.4, 0.5) is 0 Å². The molecule has 6 aromatic rings. The van der Waals surface area contributed by atoms with E-state index in [2.05, 4.69) is 72.8 Å². The number of rotatable bonds is 10. The van der Waals surface area contributed by atoms with Crippen molar-refractivity contribution in [2.75, 3.05) is 14.2 Å². The van der Waals surface area contributed by atoms with Gasteiger partial charge in [-0.25, -0.2) is 0 Å². The van der Waals surface area contributed by atoms with Gasteiger partial charge >= 0.3 is 0 Å². The second-order valence-electron chi connectivity index (χ2n) is 12.9. The lowest BCUT2D eigenvalue weighted by Crippen LogP contribution is -1.93. The van der Waals surface area contributed by atoms with Gasteiger partial charge in [0.2, 0.25) is 0 Å². The van der Waals surface area contributed by atoms with Crippen molar-refractivity contribution >= 4 is 34.9 Å². The summed E-state index contributed by atoms with van der Waals surface area (Å²) in [6.45, 7) is 3.18. The highest BCUT2D eigenvalue weighted by Crippen LogP contribution is 2.41. The number of carbonyl (C=O) groups is 2. The molecular formula is C47H38O4. The summed E-state index contributed by atoms with van der Waals surface area (Å²) < 4.78 is 10.9. The van der Waals surface area contributed by atoms with Gasteiger partial charge in [0.05, 0.1) is 14.2 Å². The number of benzene rings is 6. The van der Waals surface area contributed by atoms with Crippen molar-refractivity contribution in [2.24, 2.45) is 0 Å². The molecule has 1 aliphatic carbocycles. The van der Waals surface area contributed by atoms with Crippen molar-refractivity contribution in [2.45, 2.75) is 20.3 Å². The fourth-order valence-electron chi connectivity index (χ4n) is 6.71. The molecule has 250 valence electrons. The average Bonchev–Trinajstić information content (AvgIpc) is 3.53. The highest BCUT2D eigenvalue weighted by atomic mass is 16.5. The molecule has 0 fully saturated rings. The van der Waals surface area contributed by atoms with Crippen molar-refractivity contribution < 1.29 is 19.1 Å². The number of carbonyl (C=O) groups excluding carboxylic acids is 2. The third-order valence-electron chi connectivity index (χ3n) is 9.56. The Morgan fingerprint density at radius 1 is 0.451 bits per heavy atom. The quantitative estimate of drug-likeness (QED) is 0.108. The van der Waals surface area contributed by atoms with Crippen LogP contribution in [0.25, 0.3) is 34.4 Å². The maximum absolute atomic E-state index is 11.9. The second kappa shape index (κ2) is 14.3. The van der Waals surface area contributed by atoms with Crippen LogP contribution in [0.15, 0.2) is 133 Å². The Kier molecular flexibility index (Phi) is 9.32. The van der Waals surface area contributed by atoms with Gasteiger partial charge in [-0.2, -0.15) is 0 Å². The van der Waals surface area contributed by atoms with Crippen LogP contribution in [-0.4, -0.2) is 25.8 Å². The molecule has 4 nitrogen and oxygen atoms in total. The maximum Gasteiger partial charge on any atom is 0.159 e. The van der Waals surface area contributed by atoms with Crippen molar-refractivity contribution in [1.82, 2.24) is 0 Å². The minimum Gasteiger partial charge on any atom is -0.497 e. The zero-order chi connectivity index (χ0) is 35.5. The van der Waals surface area contributed by atoms with Crippen LogP contribution in [0.5, 0.6) is 11.5 Å². The molecule has 6 aromatic carbocycles. The Morgan fingerprint density at radius 3 is 1.12 bits per heavy atom. The number of ether oxygens (including phenoxy) is 2. The molecule has 0 bridgehead atoms. The third kappa shape index (κ3) is 7.08. The molecule has 0 atom stereocenters. The first-order chi connectivity index (χ1) is 24.8. The molecule has 0 saturated carbocycles. The van der Waals surface area contributed by atoms with Crippen LogP contribution in [0.3, 0.4) is 0 Å². The summed E-state index contributed by atoms with van der Waals surface area (Å²) in [6.07, 6.45) is 5.18. The Balaban J connectivity index is 1.26. The molecule has 0 N–H and O–H groups in total. The summed E-state index contributed by atoms with van der Waals surface area (Å²) >= 11 is 0. The summed E-state index contributed by atoms with van der Waals surface area (Å²) in [5.74, 6) is 1.72. The van der Waals surface area contributed by atoms with Gasteiger partial charge < -0.3 is 9.47 Å². The Labute approximate surface area is 299 Å². The van der Waals surface area contributed by atoms with Crippen molar-refractivity contribution in [3.05, 3.63) is 189 Å². The topological polar surface area (TPSA) is 52.6 Å². The zero-order valence-electron chi connectivity index (χ0n) is 29.2. The minimum atomic E-state index is 0.0529. The summed E-state index contributed by atoms with van der Waals surface area (Å²) in [5.41, 5.74) is 15.1. The molecule has 51 heavy (non-hydrogen) atoms. The molecule has 0 amide bonds. The molecule has 1 aliphatic rings. The lowest BCUT2D eigenvalue weighted by molar-refractivity contribution is 0.100. The van der Waals surface area contributed by atoms with Gasteiger partial charge in [-0.05, 0) is 123 Å². The number of hydrogen-bond acceptors (Lipinski definition) is 4. The van der Waals surface area contributed by atoms with E-state index in [1.165, 1.54) is 22.3 Å². The Hall–Kier alpha value is -6.26. The Morgan fingerprint density at radius 2 is 0.784 bits per heavy atom. The van der Waals surface area contributed by atoms with E-state index < -0.39 is 0 Å². The highest BCUT2D eigenvalue weighted by Gasteiger charge is 2.21. The normalized spacial score (nSPS) is 12.2. The fourth-order valence-corrected chi connectivity index (χ4v) is 6.71. The molecule has 4 heteroatoms. The summed E-state index contributed by atoms with van der Waals surface area (Å²) in [6, 6.07) is 45.3. The number of hydrogen-bond donors (Lipinski definition) is 0. The standard InChI is InChI=1S/C47H38O4/c1-30(48)34-9-5-32(6-10-34)25-46(36-13-19-42(50-3)20-14-36)38-17-23-44-40(27-38)29-41-28-39(18-24-45(41)44)47(37-15-21-43(51-4)22-16-37)26-33-7-11-35(12-8-33)31(2)49/h5-28H,29H2,1-4H3/b46-25-,47-26+. The first-order valence-electron chi connectivity index (χ1n) is 17.0. The van der Waals surface area contributed by atoms with E-state index in [0.717, 1.165) is 62.4 Å². The number of fused-ring (bicyclic) bond motifs is 3. The van der Waals surface area contributed by atoms with E-state index in [9.17, 15) is 9.59 Å². The fraction of sp³-hybridized carbons (Fsp3) is 0.106. The molecule has 0 aromatic heterocycles. The van der Waals surface area contributed by atoms with E-state index in [1.54, 1.807) is 28.1 Å². The van der Waals surface area contributed by atoms with Crippen LogP contribution >= 0.6 is 0 Å². The number of methoxy groups -OCH3 is 2. The van der Waals surface area contributed by atoms with Gasteiger partial charge in [0, 0.05) is 11.1 Å². The smallest absolute Gasteiger partial charge is 0.159 e. The summed E-state index contributed by atoms with van der Waals surface area (Å²) in [5, 5.41) is 0. The highest BCUT2D eigenvalue weighted by molar-refractivity contribution is 5.97. The van der Waals surface area contributed by atoms with Crippen LogP contribution in [-0.2, 0) is 6.42 Å². The number of ketones is 2. The number of Topliss-reactive ketones (excluding diaryl/α,β-unsaturated/α-hetero) is 2. The molecule has 0 unspecified atom stereocenters. The molecule has 0 aliphatic heterocycles. The third-order valence-corrected chi connectivity index (χ3v) is 9.56. The van der Waals surface area contributed by atoms with Gasteiger partial charge in [-0.15, -0.1) is 0 Å². The van der Waals surface area contributed by atoms with Gasteiger partial charge in [-0.1, -0.05) is 109 Å². The summed E-state index contributed by atoms with van der Waals surface area (Å²) in [7, 11) is 3.35. The lowest BCUT2D eigenvalue weighted by atomic mass is 9.92. The predicted octanol–water partition coefficient (Wildman–Crippen LogP) is 10.9. The average molecular weight is 667 g/mol. The predicted molar refractivity (Wildman–Crippen MR) is 208 cm³/mol. The minimum absolute atomic E-state index is 0.0529. The maximum atomic E-state index is 11.9. The van der Waals surface area contributed by atoms with Gasteiger partial charge in [0.15, 0.2) is 11.6 Å². The van der Waals surface area contributed by atoms with Crippen molar-refractivity contribution in [1.29, 1.82) is 0 Å². The van der Waals surface area contributed by atoms with E-state index >= 15 is 0 Å². The first-order valence-corrected chi connectivity index (χ1v) is 17.0. The van der Waals surface area contributed by atoms with E-state index in [1.807, 2.05) is 72.8 Å². The largest absolute Gasteiger partial charge is 0.497 e. The molecule has 0 radical (unpaired) electrons. The van der Waals surface area contributed by atoms with Crippen LogP contribution in [0, 0.1) is 0 Å². The second-order valence-corrected chi connectivity index (χ2v) is 12.9. The van der Waals surface area contributed by atoms with Crippen LogP contribution < -0.4 is 9.47 Å². The zero-order valence-corrected chi connectivity index (χ0v) is 29.2. The van der Waals surface area contributed by atoms with E-state index in [4.69, 9.17) is 9.47 Å². The SMILES string of the molecule is COc1ccc(/C(=C/c2ccc(C(C)=O)cc2)c2ccc3c(c2)Cc2cc(/C(=C/c4ccc(C(C)=O)cc4)c4ccc(OC)cc4)ccc2-3)cc1. The lowest BCUT2D eigenvalue weighted by Gasteiger charge is -2.13. The van der Waals surface area contributed by atoms with Crippen molar-refractivity contribution in [3.8, 4) is 22.6 Å². The van der Waals surface area contributed by atoms with Crippen LogP contribution in [0.2, 0.25) is 0 Å². The van der Waals surface area contributed by atoms with E-state index in [-0.39, 0.29) is 11.6 Å². The molecular weight excluding hydrogens is 629 g/mol. The van der Waals surface area contributed by atoms with Crippen LogP contribution in [0.1, 0.15) is 79.1 Å².